The highest BCUT2D eigenvalue weighted by Crippen LogP contribution is 2.29. The van der Waals surface area contributed by atoms with Gasteiger partial charge in [-0.3, -0.25) is 0 Å². The van der Waals surface area contributed by atoms with Crippen molar-refractivity contribution in [2.75, 3.05) is 14.2 Å². The Morgan fingerprint density at radius 3 is 2.67 bits per heavy atom. The predicted octanol–water partition coefficient (Wildman–Crippen LogP) is 1.15. The molecule has 8 nitrogen and oxygen atoms in total. The van der Waals surface area contributed by atoms with Crippen LogP contribution in [0.25, 0.3) is 22.3 Å². The maximum absolute atomic E-state index is 5.27. The van der Waals surface area contributed by atoms with Crippen molar-refractivity contribution >= 4 is 11.0 Å². The Morgan fingerprint density at radius 2 is 1.95 bits per heavy atom. The van der Waals surface area contributed by atoms with Gasteiger partial charge in [-0.05, 0) is 13.0 Å². The molecule has 21 heavy (non-hydrogen) atoms. The van der Waals surface area contributed by atoms with E-state index in [1.807, 2.05) is 20.0 Å². The first-order valence-corrected chi connectivity index (χ1v) is 6.26. The highest BCUT2D eigenvalue weighted by atomic mass is 16.5. The molecule has 3 aromatic rings. The summed E-state index contributed by atoms with van der Waals surface area (Å²) in [4.78, 5) is 8.24. The number of hydrogen-bond donors (Lipinski definition) is 0. The van der Waals surface area contributed by atoms with Gasteiger partial charge in [0.25, 0.3) is 0 Å². The van der Waals surface area contributed by atoms with Crippen molar-refractivity contribution in [3.8, 4) is 23.1 Å². The minimum atomic E-state index is 0.238. The van der Waals surface area contributed by atoms with E-state index in [9.17, 15) is 0 Å². The van der Waals surface area contributed by atoms with Crippen LogP contribution in [-0.2, 0) is 7.05 Å². The zero-order chi connectivity index (χ0) is 15.0. The van der Waals surface area contributed by atoms with E-state index < -0.39 is 0 Å². The van der Waals surface area contributed by atoms with E-state index in [2.05, 4.69) is 25.3 Å². The fourth-order valence-electron chi connectivity index (χ4n) is 2.13. The molecule has 0 saturated heterocycles. The highest BCUT2D eigenvalue weighted by molar-refractivity contribution is 5.82. The highest BCUT2D eigenvalue weighted by Gasteiger charge is 2.15. The smallest absolute Gasteiger partial charge is 0.319 e. The molecule has 3 rings (SSSR count). The summed E-state index contributed by atoms with van der Waals surface area (Å²) >= 11 is 0. The van der Waals surface area contributed by atoms with E-state index in [0.717, 1.165) is 16.7 Å². The van der Waals surface area contributed by atoms with Crippen LogP contribution in [0.2, 0.25) is 0 Å². The summed E-state index contributed by atoms with van der Waals surface area (Å²) in [7, 11) is 4.87. The van der Waals surface area contributed by atoms with Crippen molar-refractivity contribution in [1.82, 2.24) is 29.9 Å². The second-order valence-corrected chi connectivity index (χ2v) is 4.46. The van der Waals surface area contributed by atoms with Crippen molar-refractivity contribution < 1.29 is 9.47 Å². The van der Waals surface area contributed by atoms with Crippen LogP contribution in [-0.4, -0.2) is 44.2 Å². The zero-order valence-electron chi connectivity index (χ0n) is 12.2. The molecule has 0 spiro atoms. The Kier molecular flexibility index (Phi) is 3.13. The summed E-state index contributed by atoms with van der Waals surface area (Å²) in [5.41, 5.74) is 2.88. The second kappa shape index (κ2) is 4.97. The van der Waals surface area contributed by atoms with E-state index in [1.54, 1.807) is 10.9 Å². The Bertz CT molecular complexity index is 814. The molecular formula is C13H14N6O2. The van der Waals surface area contributed by atoms with Crippen LogP contribution in [0.1, 0.15) is 5.69 Å². The van der Waals surface area contributed by atoms with Gasteiger partial charge in [0.1, 0.15) is 5.69 Å². The predicted molar refractivity (Wildman–Crippen MR) is 75.2 cm³/mol. The molecule has 0 aromatic carbocycles. The van der Waals surface area contributed by atoms with Gasteiger partial charge in [0.05, 0.1) is 25.5 Å². The molecule has 0 atom stereocenters. The molecule has 8 heteroatoms. The second-order valence-electron chi connectivity index (χ2n) is 4.46. The Morgan fingerprint density at radius 1 is 1.14 bits per heavy atom. The summed E-state index contributed by atoms with van der Waals surface area (Å²) in [5, 5.41) is 13.7. The SMILES string of the molecule is COc1ncc(-c2cc3c(C)nn(C)c3nn2)c(OC)n1. The van der Waals surface area contributed by atoms with Crippen LogP contribution in [0.3, 0.4) is 0 Å². The topological polar surface area (TPSA) is 87.8 Å². The van der Waals surface area contributed by atoms with Gasteiger partial charge >= 0.3 is 6.01 Å². The molecule has 0 aliphatic rings. The van der Waals surface area contributed by atoms with Crippen molar-refractivity contribution in [3.63, 3.8) is 0 Å². The van der Waals surface area contributed by atoms with Crippen molar-refractivity contribution in [2.24, 2.45) is 7.05 Å². The molecule has 3 heterocycles. The van der Waals surface area contributed by atoms with Crippen LogP contribution < -0.4 is 9.47 Å². The molecule has 0 fully saturated rings. The Labute approximate surface area is 120 Å². The number of fused-ring (bicyclic) bond motifs is 1. The van der Waals surface area contributed by atoms with E-state index in [4.69, 9.17) is 9.47 Å². The van der Waals surface area contributed by atoms with Crippen molar-refractivity contribution in [2.45, 2.75) is 6.92 Å². The van der Waals surface area contributed by atoms with Gasteiger partial charge in [0, 0.05) is 18.6 Å². The number of aromatic nitrogens is 6. The summed E-state index contributed by atoms with van der Waals surface area (Å²) < 4.78 is 12.0. The number of rotatable bonds is 3. The molecule has 108 valence electrons. The average molecular weight is 286 g/mol. The standard InChI is InChI=1S/C13H14N6O2/c1-7-8-5-10(16-17-11(8)19(2)18-7)9-6-14-13(21-4)15-12(9)20-3/h5-6H,1-4H3. The molecule has 0 bridgehead atoms. The molecule has 0 unspecified atom stereocenters. The molecule has 0 saturated carbocycles. The van der Waals surface area contributed by atoms with Crippen LogP contribution in [0.5, 0.6) is 11.9 Å². The lowest BCUT2D eigenvalue weighted by atomic mass is 10.2. The number of ether oxygens (including phenoxy) is 2. The maximum atomic E-state index is 5.27. The first-order valence-electron chi connectivity index (χ1n) is 6.26. The van der Waals surface area contributed by atoms with Gasteiger partial charge in [-0.15, -0.1) is 10.2 Å². The Hall–Kier alpha value is -2.77. The zero-order valence-corrected chi connectivity index (χ0v) is 12.2. The van der Waals surface area contributed by atoms with E-state index in [1.165, 1.54) is 14.2 Å². The normalized spacial score (nSPS) is 10.9. The molecule has 0 N–H and O–H groups in total. The molecule has 0 aliphatic carbocycles. The van der Waals surface area contributed by atoms with E-state index >= 15 is 0 Å². The minimum Gasteiger partial charge on any atom is -0.480 e. The fraction of sp³-hybridized carbons (Fsp3) is 0.308. The van der Waals surface area contributed by atoms with Crippen LogP contribution in [0.15, 0.2) is 12.3 Å². The molecule has 0 aliphatic heterocycles. The number of methoxy groups -OCH3 is 2. The van der Waals surface area contributed by atoms with Gasteiger partial charge in [0.2, 0.25) is 5.88 Å². The third-order valence-electron chi connectivity index (χ3n) is 3.15. The van der Waals surface area contributed by atoms with Crippen LogP contribution in [0.4, 0.5) is 0 Å². The van der Waals surface area contributed by atoms with Gasteiger partial charge in [-0.1, -0.05) is 0 Å². The summed E-state index contributed by atoms with van der Waals surface area (Å²) in [5.74, 6) is 0.386. The average Bonchev–Trinajstić information content (AvgIpc) is 2.81. The van der Waals surface area contributed by atoms with E-state index in [0.29, 0.717) is 17.1 Å². The number of hydrogen-bond acceptors (Lipinski definition) is 7. The summed E-state index contributed by atoms with van der Waals surface area (Å²) in [6.07, 6.45) is 1.60. The number of nitrogens with zero attached hydrogens (tertiary/aromatic N) is 6. The van der Waals surface area contributed by atoms with Gasteiger partial charge in [0.15, 0.2) is 5.65 Å². The van der Waals surface area contributed by atoms with Crippen molar-refractivity contribution in [3.05, 3.63) is 18.0 Å². The third-order valence-corrected chi connectivity index (χ3v) is 3.15. The quantitative estimate of drug-likeness (QED) is 0.713. The fourth-order valence-corrected chi connectivity index (χ4v) is 2.13. The lowest BCUT2D eigenvalue weighted by Crippen LogP contribution is -1.99. The molecule has 0 amide bonds. The molecular weight excluding hydrogens is 272 g/mol. The maximum Gasteiger partial charge on any atom is 0.319 e. The largest absolute Gasteiger partial charge is 0.480 e. The van der Waals surface area contributed by atoms with Crippen LogP contribution >= 0.6 is 0 Å². The van der Waals surface area contributed by atoms with Gasteiger partial charge in [-0.25, -0.2) is 9.67 Å². The van der Waals surface area contributed by atoms with E-state index in [-0.39, 0.29) is 6.01 Å². The lowest BCUT2D eigenvalue weighted by Gasteiger charge is -2.07. The lowest BCUT2D eigenvalue weighted by molar-refractivity contribution is 0.353. The number of aryl methyl sites for hydroxylation is 2. The monoisotopic (exact) mass is 286 g/mol. The summed E-state index contributed by atoms with van der Waals surface area (Å²) in [6.45, 7) is 1.93. The van der Waals surface area contributed by atoms with Crippen LogP contribution in [0, 0.1) is 6.92 Å². The summed E-state index contributed by atoms with van der Waals surface area (Å²) in [6, 6.07) is 2.14. The molecule has 0 radical (unpaired) electrons. The first kappa shape index (κ1) is 13.2. The minimum absolute atomic E-state index is 0.238. The van der Waals surface area contributed by atoms with Gasteiger partial charge in [-0.2, -0.15) is 10.1 Å². The van der Waals surface area contributed by atoms with Crippen molar-refractivity contribution in [1.29, 1.82) is 0 Å². The van der Waals surface area contributed by atoms with Gasteiger partial charge < -0.3 is 9.47 Å². The first-order chi connectivity index (χ1) is 10.1. The third kappa shape index (κ3) is 2.14. The molecule has 3 aromatic heterocycles. The Balaban J connectivity index is 2.18.